The van der Waals surface area contributed by atoms with Crippen molar-refractivity contribution >= 4 is 11.9 Å². The zero-order valence-electron chi connectivity index (χ0n) is 10.9. The van der Waals surface area contributed by atoms with Gasteiger partial charge in [0.25, 0.3) is 0 Å². The molecule has 0 radical (unpaired) electrons. The molecule has 1 amide bonds. The smallest absolute Gasteiger partial charge is 0.312 e. The molecule has 4 nitrogen and oxygen atoms in total. The largest absolute Gasteiger partial charge is 0.481 e. The molecule has 0 spiro atoms. The Balaban J connectivity index is 2.72. The Kier molecular flexibility index (Phi) is 4.48. The van der Waals surface area contributed by atoms with E-state index in [4.69, 9.17) is 0 Å². The summed E-state index contributed by atoms with van der Waals surface area (Å²) in [5, 5.41) is 11.9. The van der Waals surface area contributed by atoms with E-state index in [2.05, 4.69) is 5.32 Å². The Morgan fingerprint density at radius 2 is 1.78 bits per heavy atom. The molecular weight excluding hydrogens is 230 g/mol. The van der Waals surface area contributed by atoms with Crippen LogP contribution >= 0.6 is 0 Å². The summed E-state index contributed by atoms with van der Waals surface area (Å²) in [6.07, 6.45) is 0. The molecule has 2 N–H and O–H groups in total. The molecule has 98 valence electrons. The number of aliphatic carboxylic acids is 1. The van der Waals surface area contributed by atoms with Crippen LogP contribution < -0.4 is 5.32 Å². The maximum absolute atomic E-state index is 11.7. The molecule has 0 saturated carbocycles. The minimum atomic E-state index is -0.935. The van der Waals surface area contributed by atoms with Crippen molar-refractivity contribution in [2.24, 2.45) is 5.41 Å². The van der Waals surface area contributed by atoms with Crippen LogP contribution in [-0.4, -0.2) is 23.5 Å². The highest BCUT2D eigenvalue weighted by Gasteiger charge is 2.25. The van der Waals surface area contributed by atoms with Crippen molar-refractivity contribution in [2.75, 3.05) is 6.54 Å². The van der Waals surface area contributed by atoms with Crippen LogP contribution in [-0.2, 0) is 9.59 Å². The number of rotatable bonds is 4. The van der Waals surface area contributed by atoms with Gasteiger partial charge in [0.15, 0.2) is 0 Å². The quantitative estimate of drug-likeness (QED) is 0.858. The Morgan fingerprint density at radius 1 is 1.22 bits per heavy atom. The molecule has 1 aromatic rings. The van der Waals surface area contributed by atoms with E-state index in [1.165, 1.54) is 0 Å². The Bertz CT molecular complexity index is 420. The molecule has 0 aromatic heterocycles. The third kappa shape index (κ3) is 3.87. The van der Waals surface area contributed by atoms with E-state index in [9.17, 15) is 14.7 Å². The Morgan fingerprint density at radius 3 is 2.22 bits per heavy atom. The SMILES string of the molecule is CC(C)(C)C(=O)NCC(C(=O)O)c1ccccc1. The van der Waals surface area contributed by atoms with E-state index in [0.717, 1.165) is 0 Å². The van der Waals surface area contributed by atoms with Gasteiger partial charge in [0, 0.05) is 12.0 Å². The molecule has 1 aromatic carbocycles. The number of carboxylic acid groups (broad SMARTS) is 1. The number of amides is 1. The predicted octanol–water partition coefficient (Wildman–Crippen LogP) is 2.02. The summed E-state index contributed by atoms with van der Waals surface area (Å²) in [5.41, 5.74) is 0.180. The first-order chi connectivity index (χ1) is 8.32. The van der Waals surface area contributed by atoms with Gasteiger partial charge in [-0.05, 0) is 5.56 Å². The van der Waals surface area contributed by atoms with Gasteiger partial charge < -0.3 is 10.4 Å². The zero-order valence-corrected chi connectivity index (χ0v) is 10.9. The standard InChI is InChI=1S/C14H19NO3/c1-14(2,3)13(18)15-9-11(12(16)17)10-7-5-4-6-8-10/h4-8,11H,9H2,1-3H3,(H,15,18)(H,16,17). The van der Waals surface area contributed by atoms with Gasteiger partial charge in [0.1, 0.15) is 0 Å². The highest BCUT2D eigenvalue weighted by molar-refractivity contribution is 5.83. The summed E-state index contributed by atoms with van der Waals surface area (Å²) < 4.78 is 0. The number of carboxylic acids is 1. The molecule has 0 heterocycles. The highest BCUT2D eigenvalue weighted by atomic mass is 16.4. The van der Waals surface area contributed by atoms with E-state index in [1.807, 2.05) is 6.07 Å². The second kappa shape index (κ2) is 5.67. The second-order valence-electron chi connectivity index (χ2n) is 5.26. The van der Waals surface area contributed by atoms with Gasteiger partial charge in [0.2, 0.25) is 5.91 Å². The topological polar surface area (TPSA) is 66.4 Å². The van der Waals surface area contributed by atoms with Gasteiger partial charge in [-0.2, -0.15) is 0 Å². The molecule has 0 aliphatic heterocycles. The molecule has 0 bridgehead atoms. The van der Waals surface area contributed by atoms with Crippen molar-refractivity contribution in [3.8, 4) is 0 Å². The summed E-state index contributed by atoms with van der Waals surface area (Å²) in [5.74, 6) is -1.79. The number of hydrogen-bond donors (Lipinski definition) is 2. The monoisotopic (exact) mass is 249 g/mol. The average molecular weight is 249 g/mol. The summed E-state index contributed by atoms with van der Waals surface area (Å²) in [6, 6.07) is 8.91. The van der Waals surface area contributed by atoms with E-state index in [1.54, 1.807) is 45.0 Å². The van der Waals surface area contributed by atoms with Gasteiger partial charge in [-0.25, -0.2) is 0 Å². The van der Waals surface area contributed by atoms with Crippen molar-refractivity contribution in [3.63, 3.8) is 0 Å². The van der Waals surface area contributed by atoms with Gasteiger partial charge >= 0.3 is 5.97 Å². The molecule has 18 heavy (non-hydrogen) atoms. The van der Waals surface area contributed by atoms with Crippen molar-refractivity contribution in [1.82, 2.24) is 5.32 Å². The van der Waals surface area contributed by atoms with E-state index in [-0.39, 0.29) is 12.5 Å². The fourth-order valence-corrected chi connectivity index (χ4v) is 1.49. The van der Waals surface area contributed by atoms with Gasteiger partial charge in [-0.15, -0.1) is 0 Å². The van der Waals surface area contributed by atoms with Gasteiger partial charge in [-0.1, -0.05) is 51.1 Å². The van der Waals surface area contributed by atoms with Crippen molar-refractivity contribution in [1.29, 1.82) is 0 Å². The van der Waals surface area contributed by atoms with E-state index in [0.29, 0.717) is 5.56 Å². The number of benzene rings is 1. The molecule has 4 heteroatoms. The van der Waals surface area contributed by atoms with Crippen molar-refractivity contribution in [2.45, 2.75) is 26.7 Å². The first-order valence-electron chi connectivity index (χ1n) is 5.88. The van der Waals surface area contributed by atoms with E-state index >= 15 is 0 Å². The predicted molar refractivity (Wildman–Crippen MR) is 69.3 cm³/mol. The lowest BCUT2D eigenvalue weighted by molar-refractivity contribution is -0.139. The van der Waals surface area contributed by atoms with E-state index < -0.39 is 17.3 Å². The number of carbonyl (C=O) groups is 2. The maximum atomic E-state index is 11.7. The van der Waals surface area contributed by atoms with Gasteiger partial charge in [0.05, 0.1) is 5.92 Å². The molecule has 0 saturated heterocycles. The molecule has 0 fully saturated rings. The molecule has 0 aliphatic carbocycles. The fraction of sp³-hybridized carbons (Fsp3) is 0.429. The molecule has 1 unspecified atom stereocenters. The normalized spacial score (nSPS) is 12.8. The molecular formula is C14H19NO3. The van der Waals surface area contributed by atoms with Crippen LogP contribution in [0.2, 0.25) is 0 Å². The lowest BCUT2D eigenvalue weighted by Gasteiger charge is -2.20. The summed E-state index contributed by atoms with van der Waals surface area (Å²) in [4.78, 5) is 22.9. The third-order valence-corrected chi connectivity index (χ3v) is 2.65. The first-order valence-corrected chi connectivity index (χ1v) is 5.88. The van der Waals surface area contributed by atoms with Crippen LogP contribution in [0, 0.1) is 5.41 Å². The lowest BCUT2D eigenvalue weighted by Crippen LogP contribution is -2.38. The van der Waals surface area contributed by atoms with Crippen LogP contribution in [0.1, 0.15) is 32.3 Å². The third-order valence-electron chi connectivity index (χ3n) is 2.65. The summed E-state index contributed by atoms with van der Waals surface area (Å²) in [6.45, 7) is 5.48. The van der Waals surface area contributed by atoms with Gasteiger partial charge in [-0.3, -0.25) is 9.59 Å². The van der Waals surface area contributed by atoms with Crippen LogP contribution in [0.25, 0.3) is 0 Å². The Labute approximate surface area is 107 Å². The molecule has 0 aliphatic rings. The lowest BCUT2D eigenvalue weighted by atomic mass is 9.94. The van der Waals surface area contributed by atoms with Crippen LogP contribution in [0.5, 0.6) is 0 Å². The van der Waals surface area contributed by atoms with Crippen LogP contribution in [0.3, 0.4) is 0 Å². The van der Waals surface area contributed by atoms with Crippen molar-refractivity contribution < 1.29 is 14.7 Å². The second-order valence-corrected chi connectivity index (χ2v) is 5.26. The number of carbonyl (C=O) groups excluding carboxylic acids is 1. The minimum absolute atomic E-state index is 0.107. The van der Waals surface area contributed by atoms with Crippen LogP contribution in [0.15, 0.2) is 30.3 Å². The highest BCUT2D eigenvalue weighted by Crippen LogP contribution is 2.17. The molecule has 1 rings (SSSR count). The first kappa shape index (κ1) is 14.2. The molecule has 1 atom stereocenters. The Hall–Kier alpha value is -1.84. The maximum Gasteiger partial charge on any atom is 0.312 e. The summed E-state index contributed by atoms with van der Waals surface area (Å²) in [7, 11) is 0. The number of hydrogen-bond acceptors (Lipinski definition) is 2. The average Bonchev–Trinajstić information content (AvgIpc) is 2.28. The van der Waals surface area contributed by atoms with Crippen LogP contribution in [0.4, 0.5) is 0 Å². The van der Waals surface area contributed by atoms with Crippen molar-refractivity contribution in [3.05, 3.63) is 35.9 Å². The zero-order chi connectivity index (χ0) is 13.8. The fourth-order valence-electron chi connectivity index (χ4n) is 1.49. The minimum Gasteiger partial charge on any atom is -0.481 e. The number of nitrogens with one attached hydrogen (secondary N) is 1. The summed E-state index contributed by atoms with van der Waals surface area (Å²) >= 11 is 0.